The van der Waals surface area contributed by atoms with Gasteiger partial charge in [0.2, 0.25) is 0 Å². The summed E-state index contributed by atoms with van der Waals surface area (Å²) in [6.45, 7) is 0.163. The zero-order chi connectivity index (χ0) is 11.1. The van der Waals surface area contributed by atoms with Gasteiger partial charge in [0.05, 0.1) is 11.8 Å². The summed E-state index contributed by atoms with van der Waals surface area (Å²) < 4.78 is 4.94. The molecule has 0 aliphatic heterocycles. The number of esters is 1. The minimum atomic E-state index is -0.314. The summed E-state index contributed by atoms with van der Waals surface area (Å²) >= 11 is 11.2. The van der Waals surface area contributed by atoms with Crippen LogP contribution in [0.25, 0.3) is 0 Å². The van der Waals surface area contributed by atoms with E-state index in [1.165, 1.54) is 0 Å². The average molecular weight is 247 g/mol. The van der Waals surface area contributed by atoms with Crippen LogP contribution in [0, 0.1) is 0 Å². The molecule has 1 atom stereocenters. The molecule has 0 aliphatic rings. The number of carbonyl (C=O) groups excluding carboxylic acids is 1. The van der Waals surface area contributed by atoms with Crippen molar-refractivity contribution in [3.63, 3.8) is 0 Å². The van der Waals surface area contributed by atoms with Crippen LogP contribution in [0.1, 0.15) is 5.56 Å². The standard InChI is InChI=1S/C11H12Cl2O2/c12-7-10(13)8-15-11(14)6-9-4-2-1-3-5-9/h1-5,10H,6-8H2. The first-order chi connectivity index (χ1) is 7.22. The van der Waals surface area contributed by atoms with Crippen LogP contribution in [-0.2, 0) is 16.0 Å². The van der Waals surface area contributed by atoms with Crippen LogP contribution in [0.3, 0.4) is 0 Å². The highest BCUT2D eigenvalue weighted by Gasteiger charge is 2.08. The quantitative estimate of drug-likeness (QED) is 0.590. The molecule has 0 N–H and O–H groups in total. The van der Waals surface area contributed by atoms with Crippen molar-refractivity contribution in [1.29, 1.82) is 0 Å². The van der Waals surface area contributed by atoms with Gasteiger partial charge in [0.1, 0.15) is 6.61 Å². The van der Waals surface area contributed by atoms with Crippen molar-refractivity contribution >= 4 is 29.2 Å². The SMILES string of the molecule is O=C(Cc1ccccc1)OCC(Cl)CCl. The highest BCUT2D eigenvalue weighted by atomic mass is 35.5. The molecule has 0 aliphatic carbocycles. The van der Waals surface area contributed by atoms with Crippen LogP contribution in [0.5, 0.6) is 0 Å². The van der Waals surface area contributed by atoms with Gasteiger partial charge >= 0.3 is 5.97 Å². The fraction of sp³-hybridized carbons (Fsp3) is 0.364. The maximum Gasteiger partial charge on any atom is 0.310 e. The van der Waals surface area contributed by atoms with E-state index in [1.54, 1.807) is 0 Å². The van der Waals surface area contributed by atoms with Gasteiger partial charge in [0, 0.05) is 5.88 Å². The summed E-state index contributed by atoms with van der Waals surface area (Å²) in [5.41, 5.74) is 0.930. The lowest BCUT2D eigenvalue weighted by atomic mass is 10.2. The maximum absolute atomic E-state index is 11.3. The Morgan fingerprint density at radius 1 is 1.33 bits per heavy atom. The summed E-state index contributed by atoms with van der Waals surface area (Å²) in [6.07, 6.45) is 0.271. The van der Waals surface area contributed by atoms with Gasteiger partial charge in [0.25, 0.3) is 0 Å². The van der Waals surface area contributed by atoms with Crippen molar-refractivity contribution < 1.29 is 9.53 Å². The number of benzene rings is 1. The lowest BCUT2D eigenvalue weighted by molar-refractivity contribution is -0.142. The topological polar surface area (TPSA) is 26.3 Å². The summed E-state index contributed by atoms with van der Waals surface area (Å²) in [6, 6.07) is 9.41. The van der Waals surface area contributed by atoms with Crippen LogP contribution in [0.15, 0.2) is 30.3 Å². The smallest absolute Gasteiger partial charge is 0.310 e. The number of ether oxygens (including phenoxy) is 1. The molecule has 82 valence electrons. The average Bonchev–Trinajstić information content (AvgIpc) is 2.27. The lowest BCUT2D eigenvalue weighted by Crippen LogP contribution is -2.16. The molecule has 0 fully saturated rings. The molecule has 0 aromatic heterocycles. The van der Waals surface area contributed by atoms with Crippen molar-refractivity contribution in [1.82, 2.24) is 0 Å². The van der Waals surface area contributed by atoms with Crippen molar-refractivity contribution in [2.75, 3.05) is 12.5 Å². The first-order valence-corrected chi connectivity index (χ1v) is 5.59. The fourth-order valence-electron chi connectivity index (χ4n) is 1.04. The van der Waals surface area contributed by atoms with Crippen LogP contribution >= 0.6 is 23.2 Å². The molecule has 0 saturated heterocycles. The molecule has 0 saturated carbocycles. The van der Waals surface area contributed by atoms with Crippen LogP contribution < -0.4 is 0 Å². The minimum absolute atomic E-state index is 0.163. The van der Waals surface area contributed by atoms with Gasteiger partial charge < -0.3 is 4.74 Å². The number of halogens is 2. The van der Waals surface area contributed by atoms with E-state index in [0.29, 0.717) is 0 Å². The summed E-state index contributed by atoms with van der Waals surface area (Å²) in [7, 11) is 0. The van der Waals surface area contributed by atoms with Crippen molar-refractivity contribution in [2.45, 2.75) is 11.8 Å². The number of rotatable bonds is 5. The Hall–Kier alpha value is -0.730. The van der Waals surface area contributed by atoms with Gasteiger partial charge in [0.15, 0.2) is 0 Å². The molecule has 0 heterocycles. The molecular weight excluding hydrogens is 235 g/mol. The van der Waals surface area contributed by atoms with Crippen molar-refractivity contribution in [2.24, 2.45) is 0 Å². The molecule has 4 heteroatoms. The van der Waals surface area contributed by atoms with E-state index in [2.05, 4.69) is 0 Å². The summed E-state index contributed by atoms with van der Waals surface area (Å²) in [5.74, 6) is -0.00264. The normalized spacial score (nSPS) is 12.1. The highest BCUT2D eigenvalue weighted by molar-refractivity contribution is 6.28. The predicted molar refractivity (Wildman–Crippen MR) is 61.5 cm³/mol. The van der Waals surface area contributed by atoms with E-state index in [9.17, 15) is 4.79 Å². The Bertz CT molecular complexity index is 301. The third-order valence-electron chi connectivity index (χ3n) is 1.78. The fourth-order valence-corrected chi connectivity index (χ4v) is 1.19. The Morgan fingerprint density at radius 3 is 2.60 bits per heavy atom. The molecule has 0 spiro atoms. The van der Waals surface area contributed by atoms with Crippen molar-refractivity contribution in [3.05, 3.63) is 35.9 Å². The molecule has 2 nitrogen and oxygen atoms in total. The number of hydrogen-bond acceptors (Lipinski definition) is 2. The van der Waals surface area contributed by atoms with E-state index in [-0.39, 0.29) is 30.3 Å². The Labute approximate surface area is 99.1 Å². The summed E-state index contributed by atoms with van der Waals surface area (Å²) in [4.78, 5) is 11.3. The molecule has 0 radical (unpaired) electrons. The molecule has 1 unspecified atom stereocenters. The van der Waals surface area contributed by atoms with Crippen LogP contribution in [0.2, 0.25) is 0 Å². The van der Waals surface area contributed by atoms with Gasteiger partial charge in [-0.05, 0) is 5.56 Å². The molecular formula is C11H12Cl2O2. The second-order valence-electron chi connectivity index (χ2n) is 3.10. The zero-order valence-electron chi connectivity index (χ0n) is 8.16. The van der Waals surface area contributed by atoms with Gasteiger partial charge in [-0.15, -0.1) is 23.2 Å². The van der Waals surface area contributed by atoms with E-state index >= 15 is 0 Å². The van der Waals surface area contributed by atoms with E-state index < -0.39 is 0 Å². The zero-order valence-corrected chi connectivity index (χ0v) is 9.67. The predicted octanol–water partition coefficient (Wildman–Crippen LogP) is 2.62. The highest BCUT2D eigenvalue weighted by Crippen LogP contribution is 2.03. The first kappa shape index (κ1) is 12.3. The van der Waals surface area contributed by atoms with E-state index in [0.717, 1.165) is 5.56 Å². The van der Waals surface area contributed by atoms with Crippen LogP contribution in [0.4, 0.5) is 0 Å². The number of carbonyl (C=O) groups is 1. The Kier molecular flexibility index (Phi) is 5.51. The largest absolute Gasteiger partial charge is 0.464 e. The first-order valence-electron chi connectivity index (χ1n) is 4.62. The number of hydrogen-bond donors (Lipinski definition) is 0. The second kappa shape index (κ2) is 6.70. The molecule has 1 aromatic carbocycles. The molecule has 1 rings (SSSR count). The minimum Gasteiger partial charge on any atom is -0.464 e. The third kappa shape index (κ3) is 5.05. The third-order valence-corrected chi connectivity index (χ3v) is 2.59. The lowest BCUT2D eigenvalue weighted by Gasteiger charge is -2.07. The van der Waals surface area contributed by atoms with Crippen molar-refractivity contribution in [3.8, 4) is 0 Å². The van der Waals surface area contributed by atoms with E-state index in [4.69, 9.17) is 27.9 Å². The molecule has 1 aromatic rings. The van der Waals surface area contributed by atoms with Crippen LogP contribution in [-0.4, -0.2) is 23.8 Å². The number of alkyl halides is 2. The molecule has 0 bridgehead atoms. The van der Waals surface area contributed by atoms with Gasteiger partial charge in [-0.25, -0.2) is 0 Å². The summed E-state index contributed by atoms with van der Waals surface area (Å²) in [5, 5.41) is -0.314. The molecule has 0 amide bonds. The van der Waals surface area contributed by atoms with E-state index in [1.807, 2.05) is 30.3 Å². The maximum atomic E-state index is 11.3. The second-order valence-corrected chi connectivity index (χ2v) is 4.02. The Balaban J connectivity index is 2.31. The monoisotopic (exact) mass is 246 g/mol. The Morgan fingerprint density at radius 2 is 2.00 bits per heavy atom. The van der Waals surface area contributed by atoms with Gasteiger partial charge in [-0.2, -0.15) is 0 Å². The van der Waals surface area contributed by atoms with Gasteiger partial charge in [-0.3, -0.25) is 4.79 Å². The van der Waals surface area contributed by atoms with Gasteiger partial charge in [-0.1, -0.05) is 30.3 Å². The molecule has 15 heavy (non-hydrogen) atoms.